The van der Waals surface area contributed by atoms with E-state index in [0.717, 1.165) is 36.2 Å². The Morgan fingerprint density at radius 3 is 2.66 bits per heavy atom. The Hall–Kier alpha value is -3.82. The lowest BCUT2D eigenvalue weighted by Gasteiger charge is -2.23. The summed E-state index contributed by atoms with van der Waals surface area (Å²) in [5.41, 5.74) is 8.22. The molecule has 0 saturated heterocycles. The third-order valence-electron chi connectivity index (χ3n) is 6.59. The summed E-state index contributed by atoms with van der Waals surface area (Å²) in [7, 11) is 0. The van der Waals surface area contributed by atoms with Crippen LogP contribution in [0.3, 0.4) is 0 Å². The molecule has 2 N–H and O–H groups in total. The van der Waals surface area contributed by atoms with Gasteiger partial charge in [-0.15, -0.1) is 11.3 Å². The van der Waals surface area contributed by atoms with Crippen LogP contribution in [0.15, 0.2) is 116 Å². The van der Waals surface area contributed by atoms with Crippen molar-refractivity contribution in [1.29, 1.82) is 0 Å². The zero-order chi connectivity index (χ0) is 24.2. The van der Waals surface area contributed by atoms with E-state index in [-0.39, 0.29) is 6.04 Å². The Morgan fingerprint density at radius 2 is 1.89 bits per heavy atom. The maximum absolute atomic E-state index is 3.93. The number of rotatable bonds is 8. The van der Waals surface area contributed by atoms with Gasteiger partial charge in [0.25, 0.3) is 0 Å². The van der Waals surface area contributed by atoms with Crippen LogP contribution < -0.4 is 10.6 Å². The highest BCUT2D eigenvalue weighted by Crippen LogP contribution is 2.38. The summed E-state index contributed by atoms with van der Waals surface area (Å²) in [6.45, 7) is 11.7. The molecule has 2 nitrogen and oxygen atoms in total. The number of para-hydroxylation sites is 1. The number of fused-ring (bicyclic) bond motifs is 3. The van der Waals surface area contributed by atoms with E-state index in [1.165, 1.54) is 37.4 Å². The van der Waals surface area contributed by atoms with Crippen LogP contribution >= 0.6 is 11.3 Å². The summed E-state index contributed by atoms with van der Waals surface area (Å²) in [6.07, 6.45) is 19.8. The van der Waals surface area contributed by atoms with Gasteiger partial charge < -0.3 is 10.6 Å². The van der Waals surface area contributed by atoms with Crippen LogP contribution in [-0.2, 0) is 6.42 Å². The molecule has 2 aliphatic rings. The minimum atomic E-state index is 0.261. The molecule has 0 amide bonds. The highest BCUT2D eigenvalue weighted by Gasteiger charge is 2.20. The predicted octanol–water partition coefficient (Wildman–Crippen LogP) is 8.91. The van der Waals surface area contributed by atoms with Gasteiger partial charge in [0.1, 0.15) is 0 Å². The van der Waals surface area contributed by atoms with Gasteiger partial charge in [0.2, 0.25) is 0 Å². The van der Waals surface area contributed by atoms with Crippen LogP contribution in [-0.4, -0.2) is 6.04 Å². The van der Waals surface area contributed by atoms with Gasteiger partial charge in [-0.25, -0.2) is 0 Å². The summed E-state index contributed by atoms with van der Waals surface area (Å²) < 4.78 is 1.28. The fraction of sp³-hybridized carbons (Fsp3) is 0.125. The van der Waals surface area contributed by atoms with Crippen molar-refractivity contribution in [2.45, 2.75) is 25.3 Å². The first-order valence-electron chi connectivity index (χ1n) is 12.0. The second-order valence-electron chi connectivity index (χ2n) is 8.78. The molecule has 3 heteroatoms. The van der Waals surface area contributed by atoms with Crippen LogP contribution in [0.5, 0.6) is 0 Å². The topological polar surface area (TPSA) is 24.1 Å². The molecule has 0 aliphatic heterocycles. The molecule has 2 aromatic carbocycles. The van der Waals surface area contributed by atoms with Gasteiger partial charge in [0, 0.05) is 38.3 Å². The third kappa shape index (κ3) is 4.73. The van der Waals surface area contributed by atoms with Gasteiger partial charge in [-0.2, -0.15) is 0 Å². The van der Waals surface area contributed by atoms with Crippen molar-refractivity contribution in [3.05, 3.63) is 132 Å². The zero-order valence-corrected chi connectivity index (χ0v) is 20.7. The molecule has 0 radical (unpaired) electrons. The second kappa shape index (κ2) is 10.2. The van der Waals surface area contributed by atoms with Crippen molar-refractivity contribution >= 4 is 44.4 Å². The summed E-state index contributed by atoms with van der Waals surface area (Å²) in [5, 5.41) is 8.61. The normalized spacial score (nSPS) is 16.2. The summed E-state index contributed by atoms with van der Waals surface area (Å²) >= 11 is 1.85. The van der Waals surface area contributed by atoms with E-state index in [0.29, 0.717) is 0 Å². The van der Waals surface area contributed by atoms with Gasteiger partial charge >= 0.3 is 0 Å². The molecule has 1 unspecified atom stereocenters. The average Bonchev–Trinajstić information content (AvgIpc) is 3.26. The first kappa shape index (κ1) is 22.9. The van der Waals surface area contributed by atoms with Crippen LogP contribution in [0.4, 0.5) is 11.4 Å². The van der Waals surface area contributed by atoms with Crippen LogP contribution in [0, 0.1) is 0 Å². The number of anilines is 2. The van der Waals surface area contributed by atoms with E-state index in [9.17, 15) is 0 Å². The maximum Gasteiger partial charge on any atom is 0.0489 e. The number of nitrogens with one attached hydrogen (secondary N) is 2. The molecule has 3 aromatic rings. The standard InChI is InChI=1S/C32H30N2S/c1-4-22(5-2)29(6-3)33-25-16-18-27-28-20-24(17-19-31(28)35-32(27)21-25)34-30-15-11-10-14-26(30)23-12-8-7-9-13-23/h4-8,10-12,14-19,21,24,33-34H,1-3,9,13,20H2. The summed E-state index contributed by atoms with van der Waals surface area (Å²) in [4.78, 5) is 1.35. The lowest BCUT2D eigenvalue weighted by Crippen LogP contribution is -2.22. The fourth-order valence-electron chi connectivity index (χ4n) is 4.80. The van der Waals surface area contributed by atoms with E-state index in [4.69, 9.17) is 0 Å². The SMILES string of the molecule is C=CC(C=C)=C(C=C)Nc1ccc2c3c(sc2c1)C=CC(Nc1ccccc1C1=CC=CCC1)C3. The smallest absolute Gasteiger partial charge is 0.0489 e. The van der Waals surface area contributed by atoms with Crippen LogP contribution in [0.25, 0.3) is 21.7 Å². The summed E-state index contributed by atoms with van der Waals surface area (Å²) in [5.74, 6) is 0. The maximum atomic E-state index is 3.93. The van der Waals surface area contributed by atoms with Crippen LogP contribution in [0.2, 0.25) is 0 Å². The van der Waals surface area contributed by atoms with Crippen molar-refractivity contribution in [1.82, 2.24) is 0 Å². The largest absolute Gasteiger partial charge is 0.378 e. The van der Waals surface area contributed by atoms with Gasteiger partial charge in [0.15, 0.2) is 0 Å². The van der Waals surface area contributed by atoms with Gasteiger partial charge in [0.05, 0.1) is 0 Å². The molecule has 1 atom stereocenters. The molecule has 2 aliphatic carbocycles. The van der Waals surface area contributed by atoms with Crippen molar-refractivity contribution in [2.75, 3.05) is 10.6 Å². The van der Waals surface area contributed by atoms with Crippen molar-refractivity contribution < 1.29 is 0 Å². The highest BCUT2D eigenvalue weighted by molar-refractivity contribution is 7.20. The summed E-state index contributed by atoms with van der Waals surface area (Å²) in [6, 6.07) is 15.5. The van der Waals surface area contributed by atoms with E-state index in [1.54, 1.807) is 18.2 Å². The number of allylic oxidation sites excluding steroid dienone is 8. The molecule has 35 heavy (non-hydrogen) atoms. The van der Waals surface area contributed by atoms with Crippen molar-refractivity contribution in [2.24, 2.45) is 0 Å². The number of benzene rings is 2. The van der Waals surface area contributed by atoms with Gasteiger partial charge in [-0.3, -0.25) is 0 Å². The molecule has 1 heterocycles. The first-order chi connectivity index (χ1) is 17.2. The molecule has 0 saturated carbocycles. The predicted molar refractivity (Wildman–Crippen MR) is 156 cm³/mol. The monoisotopic (exact) mass is 474 g/mol. The number of thiophene rings is 1. The molecule has 1 aromatic heterocycles. The molecule has 0 fully saturated rings. The Morgan fingerprint density at radius 1 is 1.03 bits per heavy atom. The zero-order valence-electron chi connectivity index (χ0n) is 19.9. The van der Waals surface area contributed by atoms with E-state index in [2.05, 4.69) is 103 Å². The van der Waals surface area contributed by atoms with Crippen LogP contribution in [0.1, 0.15) is 28.8 Å². The lowest BCUT2D eigenvalue weighted by atomic mass is 9.94. The minimum Gasteiger partial charge on any atom is -0.378 e. The second-order valence-corrected chi connectivity index (χ2v) is 9.86. The van der Waals surface area contributed by atoms with Gasteiger partial charge in [-0.1, -0.05) is 80.5 Å². The molecule has 0 bridgehead atoms. The van der Waals surface area contributed by atoms with Crippen molar-refractivity contribution in [3.63, 3.8) is 0 Å². The quantitative estimate of drug-likeness (QED) is 0.318. The van der Waals surface area contributed by atoms with E-state index < -0.39 is 0 Å². The molecule has 0 spiro atoms. The van der Waals surface area contributed by atoms with Crippen molar-refractivity contribution in [3.8, 4) is 0 Å². The Labute approximate surface area is 212 Å². The highest BCUT2D eigenvalue weighted by atomic mass is 32.1. The number of hydrogen-bond donors (Lipinski definition) is 2. The average molecular weight is 475 g/mol. The molecule has 174 valence electrons. The minimum absolute atomic E-state index is 0.261. The van der Waals surface area contributed by atoms with Gasteiger partial charge in [-0.05, 0) is 71.7 Å². The number of hydrogen-bond acceptors (Lipinski definition) is 3. The van der Waals surface area contributed by atoms with E-state index in [1.807, 2.05) is 11.3 Å². The molecular weight excluding hydrogens is 444 g/mol. The fourth-order valence-corrected chi connectivity index (χ4v) is 5.99. The lowest BCUT2D eigenvalue weighted by molar-refractivity contribution is 0.864. The first-order valence-corrected chi connectivity index (χ1v) is 12.9. The Bertz CT molecular complexity index is 1420. The molecular formula is C32H30N2S. The third-order valence-corrected chi connectivity index (χ3v) is 7.75. The Balaban J connectivity index is 1.39. The molecule has 5 rings (SSSR count). The Kier molecular flexibility index (Phi) is 6.69. The van der Waals surface area contributed by atoms with E-state index >= 15 is 0 Å².